The maximum Gasteiger partial charge on any atom is 0.264 e. The Bertz CT molecular complexity index is 1370. The van der Waals surface area contributed by atoms with E-state index in [0.717, 1.165) is 21.0 Å². The van der Waals surface area contributed by atoms with Crippen molar-refractivity contribution in [2.24, 2.45) is 0 Å². The van der Waals surface area contributed by atoms with Crippen molar-refractivity contribution < 1.29 is 22.4 Å². The van der Waals surface area contributed by atoms with E-state index < -0.39 is 40.2 Å². The zero-order valence-electron chi connectivity index (χ0n) is 21.7. The van der Waals surface area contributed by atoms with E-state index in [9.17, 15) is 22.4 Å². The number of likely N-dealkylation sites (N-methyl/N-ethyl adjacent to an activating group) is 1. The molecule has 2 amide bonds. The molecule has 1 N–H and O–H groups in total. The molecular formula is C28H32FN3O4S. The van der Waals surface area contributed by atoms with Crippen LogP contribution in [0, 0.1) is 26.6 Å². The number of benzene rings is 3. The molecule has 0 saturated heterocycles. The number of nitrogens with zero attached hydrogens (tertiary/aromatic N) is 2. The van der Waals surface area contributed by atoms with Crippen molar-refractivity contribution in [1.29, 1.82) is 0 Å². The fourth-order valence-electron chi connectivity index (χ4n) is 3.93. The molecule has 3 rings (SSSR count). The molecule has 0 unspecified atom stereocenters. The molecule has 0 aliphatic carbocycles. The molecule has 3 aromatic rings. The van der Waals surface area contributed by atoms with E-state index in [0.29, 0.717) is 11.3 Å². The average molecular weight is 526 g/mol. The Labute approximate surface area is 218 Å². The lowest BCUT2D eigenvalue weighted by atomic mass is 10.1. The van der Waals surface area contributed by atoms with E-state index in [4.69, 9.17) is 0 Å². The Morgan fingerprint density at radius 1 is 0.946 bits per heavy atom. The summed E-state index contributed by atoms with van der Waals surface area (Å²) in [7, 11) is -2.67. The van der Waals surface area contributed by atoms with Crippen LogP contribution in [0.25, 0.3) is 0 Å². The second-order valence-corrected chi connectivity index (χ2v) is 10.8. The Balaban J connectivity index is 2.07. The standard InChI is InChI=1S/C28H32FN3O4S/c1-19-9-15-25(16-10-19)37(35,36)32(26-8-6-7-20(2)21(26)3)18-27(33)31(22(4)28(34)30-5)17-23-11-13-24(29)14-12-23/h6-16,22H,17-18H2,1-5H3,(H,30,34)/t22-/m0/s1. The molecule has 0 bridgehead atoms. The van der Waals surface area contributed by atoms with Crippen LogP contribution in [0.4, 0.5) is 10.1 Å². The van der Waals surface area contributed by atoms with Gasteiger partial charge in [0.1, 0.15) is 18.4 Å². The van der Waals surface area contributed by atoms with Gasteiger partial charge >= 0.3 is 0 Å². The first kappa shape index (κ1) is 27.9. The van der Waals surface area contributed by atoms with Crippen molar-refractivity contribution in [3.63, 3.8) is 0 Å². The first-order valence-corrected chi connectivity index (χ1v) is 13.3. The van der Waals surface area contributed by atoms with E-state index in [1.54, 1.807) is 38.1 Å². The quantitative estimate of drug-likeness (QED) is 0.456. The highest BCUT2D eigenvalue weighted by atomic mass is 32.2. The highest BCUT2D eigenvalue weighted by Gasteiger charge is 2.33. The fourth-order valence-corrected chi connectivity index (χ4v) is 5.41. The molecular weight excluding hydrogens is 493 g/mol. The summed E-state index contributed by atoms with van der Waals surface area (Å²) < 4.78 is 42.3. The number of aryl methyl sites for hydroxylation is 2. The van der Waals surface area contributed by atoms with Crippen LogP contribution in [0.3, 0.4) is 0 Å². The lowest BCUT2D eigenvalue weighted by Gasteiger charge is -2.32. The molecule has 0 fully saturated rings. The summed E-state index contributed by atoms with van der Waals surface area (Å²) in [5.74, 6) is -1.40. The Morgan fingerprint density at radius 3 is 2.16 bits per heavy atom. The van der Waals surface area contributed by atoms with Gasteiger partial charge in [-0.15, -0.1) is 0 Å². The second kappa shape index (κ2) is 11.6. The Hall–Kier alpha value is -3.72. The number of rotatable bonds is 9. The molecule has 9 heteroatoms. The summed E-state index contributed by atoms with van der Waals surface area (Å²) in [6, 6.07) is 16.4. The maximum absolute atomic E-state index is 13.9. The number of sulfonamides is 1. The molecule has 3 aromatic carbocycles. The van der Waals surface area contributed by atoms with Gasteiger partial charge in [0.25, 0.3) is 10.0 Å². The van der Waals surface area contributed by atoms with Crippen molar-refractivity contribution in [2.75, 3.05) is 17.9 Å². The molecule has 0 heterocycles. The number of halogens is 1. The third-order valence-electron chi connectivity index (χ3n) is 6.41. The van der Waals surface area contributed by atoms with Crippen LogP contribution >= 0.6 is 0 Å². The molecule has 1 atom stereocenters. The number of carbonyl (C=O) groups excluding carboxylic acids is 2. The molecule has 0 aliphatic heterocycles. The van der Waals surface area contributed by atoms with Gasteiger partial charge in [-0.1, -0.05) is 42.0 Å². The summed E-state index contributed by atoms with van der Waals surface area (Å²) >= 11 is 0. The van der Waals surface area contributed by atoms with Crippen LogP contribution in [0.2, 0.25) is 0 Å². The summed E-state index contributed by atoms with van der Waals surface area (Å²) in [6.07, 6.45) is 0. The van der Waals surface area contributed by atoms with E-state index in [-0.39, 0.29) is 11.4 Å². The predicted octanol–water partition coefficient (Wildman–Crippen LogP) is 4.11. The first-order chi connectivity index (χ1) is 17.4. The smallest absolute Gasteiger partial charge is 0.264 e. The lowest BCUT2D eigenvalue weighted by molar-refractivity contribution is -0.139. The van der Waals surface area contributed by atoms with Crippen molar-refractivity contribution >= 4 is 27.5 Å². The molecule has 0 radical (unpaired) electrons. The summed E-state index contributed by atoms with van der Waals surface area (Å²) in [5.41, 5.74) is 3.47. The SMILES string of the molecule is CNC(=O)[C@H](C)N(Cc1ccc(F)cc1)C(=O)CN(c1cccc(C)c1C)S(=O)(=O)c1ccc(C)cc1. The van der Waals surface area contributed by atoms with Gasteiger partial charge in [0.2, 0.25) is 11.8 Å². The number of hydrogen-bond donors (Lipinski definition) is 1. The van der Waals surface area contributed by atoms with Crippen LogP contribution in [0.1, 0.15) is 29.2 Å². The summed E-state index contributed by atoms with van der Waals surface area (Å²) in [4.78, 5) is 27.6. The molecule has 0 aromatic heterocycles. The lowest BCUT2D eigenvalue weighted by Crippen LogP contribution is -2.50. The number of amides is 2. The fraction of sp³-hybridized carbons (Fsp3) is 0.286. The van der Waals surface area contributed by atoms with Gasteiger partial charge in [-0.3, -0.25) is 13.9 Å². The van der Waals surface area contributed by atoms with E-state index in [1.165, 1.54) is 48.3 Å². The monoisotopic (exact) mass is 525 g/mol. The third-order valence-corrected chi connectivity index (χ3v) is 8.19. The van der Waals surface area contributed by atoms with Gasteiger partial charge < -0.3 is 10.2 Å². The van der Waals surface area contributed by atoms with Crippen molar-refractivity contribution in [2.45, 2.75) is 45.2 Å². The minimum atomic E-state index is -4.13. The highest BCUT2D eigenvalue weighted by molar-refractivity contribution is 7.92. The molecule has 37 heavy (non-hydrogen) atoms. The van der Waals surface area contributed by atoms with Crippen LogP contribution in [0.15, 0.2) is 71.6 Å². The normalized spacial score (nSPS) is 12.1. The van der Waals surface area contributed by atoms with Gasteiger partial charge in [0, 0.05) is 13.6 Å². The van der Waals surface area contributed by atoms with Gasteiger partial charge in [0.05, 0.1) is 10.6 Å². The Kier molecular flexibility index (Phi) is 8.70. The van der Waals surface area contributed by atoms with E-state index in [1.807, 2.05) is 19.9 Å². The minimum Gasteiger partial charge on any atom is -0.357 e. The third kappa shape index (κ3) is 6.35. The zero-order chi connectivity index (χ0) is 27.3. The van der Waals surface area contributed by atoms with Crippen LogP contribution in [-0.2, 0) is 26.2 Å². The predicted molar refractivity (Wildman–Crippen MR) is 142 cm³/mol. The molecule has 0 saturated carbocycles. The van der Waals surface area contributed by atoms with Crippen LogP contribution in [0.5, 0.6) is 0 Å². The zero-order valence-corrected chi connectivity index (χ0v) is 22.5. The van der Waals surface area contributed by atoms with Crippen molar-refractivity contribution in [1.82, 2.24) is 10.2 Å². The van der Waals surface area contributed by atoms with E-state index in [2.05, 4.69) is 5.32 Å². The average Bonchev–Trinajstić information content (AvgIpc) is 2.88. The molecule has 7 nitrogen and oxygen atoms in total. The van der Waals surface area contributed by atoms with Gasteiger partial charge in [-0.05, 0) is 74.7 Å². The summed E-state index contributed by atoms with van der Waals surface area (Å²) in [5, 5.41) is 2.53. The highest BCUT2D eigenvalue weighted by Crippen LogP contribution is 2.29. The van der Waals surface area contributed by atoms with E-state index >= 15 is 0 Å². The van der Waals surface area contributed by atoms with Crippen LogP contribution in [-0.4, -0.2) is 44.8 Å². The number of anilines is 1. The largest absolute Gasteiger partial charge is 0.357 e. The first-order valence-electron chi connectivity index (χ1n) is 11.9. The molecule has 196 valence electrons. The number of nitrogens with one attached hydrogen (secondary N) is 1. The number of hydrogen-bond acceptors (Lipinski definition) is 4. The Morgan fingerprint density at radius 2 is 1.57 bits per heavy atom. The molecule has 0 spiro atoms. The summed E-state index contributed by atoms with van der Waals surface area (Å²) in [6.45, 7) is 6.57. The van der Waals surface area contributed by atoms with Gasteiger partial charge in [0.15, 0.2) is 0 Å². The van der Waals surface area contributed by atoms with Crippen molar-refractivity contribution in [3.8, 4) is 0 Å². The number of carbonyl (C=O) groups is 2. The molecule has 0 aliphatic rings. The topological polar surface area (TPSA) is 86.8 Å². The van der Waals surface area contributed by atoms with Crippen LogP contribution < -0.4 is 9.62 Å². The second-order valence-electron chi connectivity index (χ2n) is 8.98. The van der Waals surface area contributed by atoms with Crippen molar-refractivity contribution in [3.05, 3.63) is 94.8 Å². The van der Waals surface area contributed by atoms with Gasteiger partial charge in [-0.25, -0.2) is 12.8 Å². The van der Waals surface area contributed by atoms with Gasteiger partial charge in [-0.2, -0.15) is 0 Å². The minimum absolute atomic E-state index is 0.00107. The maximum atomic E-state index is 13.9.